The quantitative estimate of drug-likeness (QED) is 0.795. The van der Waals surface area contributed by atoms with Crippen molar-refractivity contribution in [3.05, 3.63) is 29.6 Å². The molecule has 0 radical (unpaired) electrons. The number of carboxylic acids is 1. The van der Waals surface area contributed by atoms with Crippen LogP contribution in [0.15, 0.2) is 18.3 Å². The van der Waals surface area contributed by atoms with E-state index in [2.05, 4.69) is 31.1 Å². The van der Waals surface area contributed by atoms with Crippen LogP contribution in [0.3, 0.4) is 0 Å². The molecular formula is C13H20N2O2. The maximum atomic E-state index is 10.7. The number of carboxylic acid groups (broad SMARTS) is 1. The van der Waals surface area contributed by atoms with Crippen LogP contribution in [0, 0.1) is 5.92 Å². The molecule has 17 heavy (non-hydrogen) atoms. The molecule has 94 valence electrons. The Kier molecular flexibility index (Phi) is 5.10. The van der Waals surface area contributed by atoms with Gasteiger partial charge in [0.15, 0.2) is 0 Å². The second-order valence-electron chi connectivity index (χ2n) is 4.48. The average Bonchev–Trinajstić information content (AvgIpc) is 2.30. The highest BCUT2D eigenvalue weighted by atomic mass is 16.4. The molecule has 1 unspecified atom stereocenters. The van der Waals surface area contributed by atoms with Crippen molar-refractivity contribution in [2.24, 2.45) is 5.92 Å². The van der Waals surface area contributed by atoms with Gasteiger partial charge in [0.2, 0.25) is 0 Å². The fraction of sp³-hybridized carbons (Fsp3) is 0.538. The van der Waals surface area contributed by atoms with E-state index in [9.17, 15) is 4.79 Å². The van der Waals surface area contributed by atoms with Crippen molar-refractivity contribution in [1.29, 1.82) is 0 Å². The number of rotatable bonds is 6. The summed E-state index contributed by atoms with van der Waals surface area (Å²) in [5.41, 5.74) is 1.10. The van der Waals surface area contributed by atoms with E-state index in [4.69, 9.17) is 5.11 Å². The molecule has 1 rings (SSSR count). The zero-order chi connectivity index (χ0) is 12.8. The largest absolute Gasteiger partial charge is 0.478 e. The monoisotopic (exact) mass is 236 g/mol. The van der Waals surface area contributed by atoms with Gasteiger partial charge in [-0.25, -0.2) is 4.79 Å². The van der Waals surface area contributed by atoms with Crippen LogP contribution in [0.2, 0.25) is 0 Å². The Morgan fingerprint density at radius 2 is 2.18 bits per heavy atom. The third kappa shape index (κ3) is 4.15. The Balaban J connectivity index is 2.55. The normalized spacial score (nSPS) is 12.7. The van der Waals surface area contributed by atoms with Crippen molar-refractivity contribution in [3.8, 4) is 0 Å². The Hall–Kier alpha value is -1.42. The van der Waals surface area contributed by atoms with Gasteiger partial charge < -0.3 is 10.4 Å². The van der Waals surface area contributed by atoms with Gasteiger partial charge in [0.25, 0.3) is 0 Å². The number of hydrogen-bond donors (Lipinski definition) is 2. The van der Waals surface area contributed by atoms with Crippen molar-refractivity contribution in [3.63, 3.8) is 0 Å². The smallest absolute Gasteiger partial charge is 0.337 e. The number of hydrogen-bond acceptors (Lipinski definition) is 3. The van der Waals surface area contributed by atoms with Crippen molar-refractivity contribution < 1.29 is 9.90 Å². The van der Waals surface area contributed by atoms with E-state index in [1.54, 1.807) is 12.1 Å². The summed E-state index contributed by atoms with van der Waals surface area (Å²) < 4.78 is 0. The minimum absolute atomic E-state index is 0.227. The lowest BCUT2D eigenvalue weighted by Gasteiger charge is -2.20. The van der Waals surface area contributed by atoms with Gasteiger partial charge in [0.05, 0.1) is 11.3 Å². The predicted octanol–water partition coefficient (Wildman–Crippen LogP) is 2.30. The summed E-state index contributed by atoms with van der Waals surface area (Å²) in [7, 11) is 0. The van der Waals surface area contributed by atoms with Crippen LogP contribution in [0.5, 0.6) is 0 Å². The molecule has 1 aromatic heterocycles. The number of carbonyl (C=O) groups is 1. The van der Waals surface area contributed by atoms with Crippen LogP contribution in [-0.2, 0) is 6.54 Å². The molecule has 0 aliphatic rings. The van der Waals surface area contributed by atoms with Crippen molar-refractivity contribution in [2.75, 3.05) is 0 Å². The van der Waals surface area contributed by atoms with E-state index in [0.29, 0.717) is 18.5 Å². The van der Waals surface area contributed by atoms with Gasteiger partial charge >= 0.3 is 5.97 Å². The summed E-state index contributed by atoms with van der Waals surface area (Å²) in [4.78, 5) is 14.8. The summed E-state index contributed by atoms with van der Waals surface area (Å²) in [6.07, 6.45) is 2.47. The first-order valence-electron chi connectivity index (χ1n) is 5.96. The highest BCUT2D eigenvalue weighted by molar-refractivity contribution is 5.87. The average molecular weight is 236 g/mol. The fourth-order valence-corrected chi connectivity index (χ4v) is 1.74. The summed E-state index contributed by atoms with van der Waals surface area (Å²) >= 11 is 0. The first-order chi connectivity index (χ1) is 8.04. The van der Waals surface area contributed by atoms with Crippen molar-refractivity contribution >= 4 is 5.97 Å². The molecule has 0 amide bonds. The Bertz CT molecular complexity index is 360. The maximum absolute atomic E-state index is 10.7. The minimum Gasteiger partial charge on any atom is -0.478 e. The molecule has 0 aliphatic carbocycles. The number of aromatic nitrogens is 1. The predicted molar refractivity (Wildman–Crippen MR) is 67.0 cm³/mol. The first-order valence-corrected chi connectivity index (χ1v) is 5.96. The van der Waals surface area contributed by atoms with Gasteiger partial charge in [-0.3, -0.25) is 4.98 Å². The number of pyridine rings is 1. The molecular weight excluding hydrogens is 216 g/mol. The fourth-order valence-electron chi connectivity index (χ4n) is 1.74. The minimum atomic E-state index is -0.939. The molecule has 0 aromatic carbocycles. The van der Waals surface area contributed by atoms with E-state index in [-0.39, 0.29) is 5.56 Å². The highest BCUT2D eigenvalue weighted by Gasteiger charge is 2.10. The summed E-state index contributed by atoms with van der Waals surface area (Å²) in [6, 6.07) is 3.81. The van der Waals surface area contributed by atoms with E-state index in [1.165, 1.54) is 6.20 Å². The van der Waals surface area contributed by atoms with E-state index in [1.807, 2.05) is 0 Å². The summed E-state index contributed by atoms with van der Waals surface area (Å²) in [6.45, 7) is 7.19. The SMILES string of the molecule is CCC(NCc1ccc(C(=O)O)cn1)C(C)C. The lowest BCUT2D eigenvalue weighted by molar-refractivity contribution is 0.0696. The molecule has 0 bridgehead atoms. The standard InChI is InChI=1S/C13H20N2O2/c1-4-12(9(2)3)15-8-11-6-5-10(7-14-11)13(16)17/h5-7,9,12,15H,4,8H2,1-3H3,(H,16,17). The second kappa shape index (κ2) is 6.35. The molecule has 4 heteroatoms. The van der Waals surface area contributed by atoms with Crippen LogP contribution in [-0.4, -0.2) is 22.1 Å². The lowest BCUT2D eigenvalue weighted by atomic mass is 10.0. The van der Waals surface area contributed by atoms with Crippen LogP contribution < -0.4 is 5.32 Å². The van der Waals surface area contributed by atoms with Crippen molar-refractivity contribution in [1.82, 2.24) is 10.3 Å². The van der Waals surface area contributed by atoms with Crippen LogP contribution in [0.25, 0.3) is 0 Å². The first kappa shape index (κ1) is 13.6. The molecule has 0 saturated carbocycles. The number of nitrogens with zero attached hydrogens (tertiary/aromatic N) is 1. The van der Waals surface area contributed by atoms with E-state index in [0.717, 1.165) is 12.1 Å². The number of nitrogens with one attached hydrogen (secondary N) is 1. The van der Waals surface area contributed by atoms with E-state index >= 15 is 0 Å². The second-order valence-corrected chi connectivity index (χ2v) is 4.48. The highest BCUT2D eigenvalue weighted by Crippen LogP contribution is 2.07. The van der Waals surface area contributed by atoms with Crippen LogP contribution in [0.4, 0.5) is 0 Å². The third-order valence-electron chi connectivity index (χ3n) is 2.86. The molecule has 1 aromatic rings. The van der Waals surface area contributed by atoms with Gasteiger partial charge in [-0.2, -0.15) is 0 Å². The molecule has 0 aliphatic heterocycles. The van der Waals surface area contributed by atoms with Gasteiger partial charge in [0, 0.05) is 18.8 Å². The molecule has 1 heterocycles. The topological polar surface area (TPSA) is 62.2 Å². The molecule has 1 atom stereocenters. The lowest BCUT2D eigenvalue weighted by Crippen LogP contribution is -2.32. The zero-order valence-corrected chi connectivity index (χ0v) is 10.6. The molecule has 4 nitrogen and oxygen atoms in total. The number of aromatic carboxylic acids is 1. The molecule has 0 fully saturated rings. The zero-order valence-electron chi connectivity index (χ0n) is 10.6. The third-order valence-corrected chi connectivity index (χ3v) is 2.86. The summed E-state index contributed by atoms with van der Waals surface area (Å²) in [5, 5.41) is 12.2. The Labute approximate surface area is 102 Å². The van der Waals surface area contributed by atoms with Gasteiger partial charge in [-0.05, 0) is 24.5 Å². The van der Waals surface area contributed by atoms with Gasteiger partial charge in [-0.1, -0.05) is 20.8 Å². The Morgan fingerprint density at radius 1 is 1.47 bits per heavy atom. The summed E-state index contributed by atoms with van der Waals surface area (Å²) in [5.74, 6) is -0.357. The molecule has 0 spiro atoms. The van der Waals surface area contributed by atoms with Gasteiger partial charge in [-0.15, -0.1) is 0 Å². The molecule has 2 N–H and O–H groups in total. The molecule has 0 saturated heterocycles. The van der Waals surface area contributed by atoms with E-state index < -0.39 is 5.97 Å². The van der Waals surface area contributed by atoms with Crippen LogP contribution in [0.1, 0.15) is 43.2 Å². The van der Waals surface area contributed by atoms with Gasteiger partial charge in [0.1, 0.15) is 0 Å². The Morgan fingerprint density at radius 3 is 2.59 bits per heavy atom. The van der Waals surface area contributed by atoms with Crippen molar-refractivity contribution in [2.45, 2.75) is 39.8 Å². The maximum Gasteiger partial charge on any atom is 0.337 e. The van der Waals surface area contributed by atoms with Crippen LogP contribution >= 0.6 is 0 Å².